The number of carbonyl (C=O) groups excluding carboxylic acids is 2. The first-order valence-corrected chi connectivity index (χ1v) is 10.1. The number of anilines is 1. The Labute approximate surface area is 181 Å². The maximum absolute atomic E-state index is 12.2. The Morgan fingerprint density at radius 3 is 2.58 bits per heavy atom. The molecule has 0 aliphatic carbocycles. The molecule has 1 fully saturated rings. The molecule has 0 saturated carbocycles. The van der Waals surface area contributed by atoms with Gasteiger partial charge in [0.1, 0.15) is 17.4 Å². The molecule has 2 amide bonds. The molecule has 0 aromatic heterocycles. The molecule has 1 heterocycles. The number of ether oxygens (including phenoxy) is 2. The summed E-state index contributed by atoms with van der Waals surface area (Å²) in [4.78, 5) is 24.2. The van der Waals surface area contributed by atoms with Gasteiger partial charge < -0.3 is 20.1 Å². The number of aryl methyl sites for hydroxylation is 1. The molecule has 0 radical (unpaired) electrons. The van der Waals surface area contributed by atoms with Gasteiger partial charge in [-0.25, -0.2) is 0 Å². The van der Waals surface area contributed by atoms with Crippen LogP contribution in [0.5, 0.6) is 5.75 Å². The van der Waals surface area contributed by atoms with E-state index in [0.29, 0.717) is 30.2 Å². The molecule has 1 aliphatic rings. The second-order valence-corrected chi connectivity index (χ2v) is 7.29. The number of hydrogen-bond donors (Lipinski definition) is 2. The second kappa shape index (κ2) is 11.0. The first-order valence-electron chi connectivity index (χ1n) is 10.1. The van der Waals surface area contributed by atoms with Crippen LogP contribution in [0.4, 0.5) is 5.69 Å². The zero-order chi connectivity index (χ0) is 22.1. The molecule has 0 bridgehead atoms. The van der Waals surface area contributed by atoms with E-state index in [1.165, 1.54) is 6.08 Å². The summed E-state index contributed by atoms with van der Waals surface area (Å²) in [7, 11) is 0. The number of nitrogens with one attached hydrogen (secondary N) is 2. The molecule has 2 N–H and O–H groups in total. The molecule has 7 heteroatoms. The standard InChI is InChI=1S/C24H25N3O4/c1-17-4-8-20(9-5-17)27-23(28)16-31-21-10-6-18(7-11-21)13-19(14-25)24(29)26-15-22-3-2-12-30-22/h4-11,13,22H,2-3,12,15-16H2,1H3,(H,26,29)(H,27,28)/b19-13-/t22-/m1/s1. The quantitative estimate of drug-likeness (QED) is 0.505. The van der Waals surface area contributed by atoms with E-state index < -0.39 is 5.91 Å². The largest absolute Gasteiger partial charge is 0.484 e. The maximum Gasteiger partial charge on any atom is 0.262 e. The van der Waals surface area contributed by atoms with Crippen LogP contribution in [0.1, 0.15) is 24.0 Å². The third-order valence-corrected chi connectivity index (χ3v) is 4.78. The number of carbonyl (C=O) groups is 2. The Kier molecular flexibility index (Phi) is 7.79. The predicted molar refractivity (Wildman–Crippen MR) is 117 cm³/mol. The van der Waals surface area contributed by atoms with Crippen LogP contribution < -0.4 is 15.4 Å². The minimum Gasteiger partial charge on any atom is -0.484 e. The molecule has 160 valence electrons. The molecule has 2 aromatic rings. The van der Waals surface area contributed by atoms with Gasteiger partial charge in [0.2, 0.25) is 0 Å². The van der Waals surface area contributed by atoms with Crippen molar-refractivity contribution >= 4 is 23.6 Å². The number of nitriles is 1. The van der Waals surface area contributed by atoms with Crippen molar-refractivity contribution in [1.82, 2.24) is 5.32 Å². The van der Waals surface area contributed by atoms with Crippen LogP contribution in [0.25, 0.3) is 6.08 Å². The van der Waals surface area contributed by atoms with Crippen LogP contribution in [0, 0.1) is 18.3 Å². The SMILES string of the molecule is Cc1ccc(NC(=O)COc2ccc(/C=C(/C#N)C(=O)NC[C@H]3CCCO3)cc2)cc1. The summed E-state index contributed by atoms with van der Waals surface area (Å²) < 4.78 is 11.0. The van der Waals surface area contributed by atoms with Crippen molar-refractivity contribution in [1.29, 1.82) is 5.26 Å². The lowest BCUT2D eigenvalue weighted by molar-refractivity contribution is -0.118. The van der Waals surface area contributed by atoms with Gasteiger partial charge in [-0.2, -0.15) is 5.26 Å². The zero-order valence-electron chi connectivity index (χ0n) is 17.4. The predicted octanol–water partition coefficient (Wildman–Crippen LogP) is 3.21. The van der Waals surface area contributed by atoms with Crippen molar-refractivity contribution in [2.45, 2.75) is 25.9 Å². The molecule has 7 nitrogen and oxygen atoms in total. The smallest absolute Gasteiger partial charge is 0.262 e. The van der Waals surface area contributed by atoms with Crippen LogP contribution in [0.2, 0.25) is 0 Å². The average Bonchev–Trinajstić information content (AvgIpc) is 3.30. The highest BCUT2D eigenvalue weighted by molar-refractivity contribution is 6.01. The molecule has 0 spiro atoms. The summed E-state index contributed by atoms with van der Waals surface area (Å²) in [6, 6.07) is 16.2. The van der Waals surface area contributed by atoms with Crippen LogP contribution in [0.3, 0.4) is 0 Å². The van der Waals surface area contributed by atoms with Crippen LogP contribution in [-0.4, -0.2) is 37.7 Å². The van der Waals surface area contributed by atoms with E-state index in [1.807, 2.05) is 37.3 Å². The van der Waals surface area contributed by atoms with Gasteiger partial charge in [-0.3, -0.25) is 9.59 Å². The van der Waals surface area contributed by atoms with Crippen molar-refractivity contribution in [2.24, 2.45) is 0 Å². The molecule has 1 aliphatic heterocycles. The highest BCUT2D eigenvalue weighted by atomic mass is 16.5. The molecule has 1 atom stereocenters. The van der Waals surface area contributed by atoms with E-state index in [2.05, 4.69) is 10.6 Å². The molecular formula is C24H25N3O4. The Balaban J connectivity index is 1.49. The van der Waals surface area contributed by atoms with Gasteiger partial charge in [0.25, 0.3) is 11.8 Å². The Morgan fingerprint density at radius 1 is 1.19 bits per heavy atom. The minimum atomic E-state index is -0.425. The molecule has 0 unspecified atom stereocenters. The van der Waals surface area contributed by atoms with Gasteiger partial charge in [-0.15, -0.1) is 0 Å². The number of hydrogen-bond acceptors (Lipinski definition) is 5. The normalized spacial score (nSPS) is 15.7. The summed E-state index contributed by atoms with van der Waals surface area (Å²) in [5.41, 5.74) is 2.52. The van der Waals surface area contributed by atoms with Crippen molar-refractivity contribution < 1.29 is 19.1 Å². The van der Waals surface area contributed by atoms with E-state index in [4.69, 9.17) is 9.47 Å². The van der Waals surface area contributed by atoms with Crippen molar-refractivity contribution in [3.8, 4) is 11.8 Å². The Morgan fingerprint density at radius 2 is 1.94 bits per heavy atom. The number of benzene rings is 2. The Hall–Kier alpha value is -3.63. The van der Waals surface area contributed by atoms with Gasteiger partial charge in [0, 0.05) is 18.8 Å². The van der Waals surface area contributed by atoms with Gasteiger partial charge in [0.15, 0.2) is 6.61 Å². The summed E-state index contributed by atoms with van der Waals surface area (Å²) in [5.74, 6) is -0.175. The van der Waals surface area contributed by atoms with Crippen molar-refractivity contribution in [3.63, 3.8) is 0 Å². The minimum absolute atomic E-state index is 0.0172. The molecule has 3 rings (SSSR count). The number of rotatable bonds is 8. The van der Waals surface area contributed by atoms with E-state index in [9.17, 15) is 14.9 Å². The highest BCUT2D eigenvalue weighted by Crippen LogP contribution is 2.16. The van der Waals surface area contributed by atoms with Gasteiger partial charge in [0.05, 0.1) is 6.10 Å². The fourth-order valence-corrected chi connectivity index (χ4v) is 3.07. The molecule has 1 saturated heterocycles. The molecular weight excluding hydrogens is 394 g/mol. The third kappa shape index (κ3) is 6.98. The zero-order valence-corrected chi connectivity index (χ0v) is 17.4. The fraction of sp³-hybridized carbons (Fsp3) is 0.292. The van der Waals surface area contributed by atoms with E-state index in [1.54, 1.807) is 24.3 Å². The first-order chi connectivity index (χ1) is 15.0. The summed E-state index contributed by atoms with van der Waals surface area (Å²) in [6.45, 7) is 2.96. The van der Waals surface area contributed by atoms with Crippen molar-refractivity contribution in [3.05, 3.63) is 65.2 Å². The molecule has 2 aromatic carbocycles. The Bertz CT molecular complexity index is 969. The van der Waals surface area contributed by atoms with Gasteiger partial charge >= 0.3 is 0 Å². The first kappa shape index (κ1) is 22.1. The number of nitrogens with zero attached hydrogens (tertiary/aromatic N) is 1. The fourth-order valence-electron chi connectivity index (χ4n) is 3.07. The average molecular weight is 419 g/mol. The topological polar surface area (TPSA) is 100 Å². The third-order valence-electron chi connectivity index (χ3n) is 4.78. The summed E-state index contributed by atoms with van der Waals surface area (Å²) >= 11 is 0. The van der Waals surface area contributed by atoms with Crippen molar-refractivity contribution in [2.75, 3.05) is 25.1 Å². The van der Waals surface area contributed by atoms with Crippen LogP contribution in [0.15, 0.2) is 54.1 Å². The summed E-state index contributed by atoms with van der Waals surface area (Å²) in [6.07, 6.45) is 3.43. The lowest BCUT2D eigenvalue weighted by Crippen LogP contribution is -2.32. The van der Waals surface area contributed by atoms with E-state index >= 15 is 0 Å². The maximum atomic E-state index is 12.2. The second-order valence-electron chi connectivity index (χ2n) is 7.29. The van der Waals surface area contributed by atoms with E-state index in [-0.39, 0.29) is 24.2 Å². The highest BCUT2D eigenvalue weighted by Gasteiger charge is 2.17. The lowest BCUT2D eigenvalue weighted by atomic mass is 10.1. The van der Waals surface area contributed by atoms with Gasteiger partial charge in [-0.1, -0.05) is 29.8 Å². The monoisotopic (exact) mass is 419 g/mol. The molecule has 31 heavy (non-hydrogen) atoms. The summed E-state index contributed by atoms with van der Waals surface area (Å²) in [5, 5.41) is 14.8. The van der Waals surface area contributed by atoms with Crippen LogP contribution >= 0.6 is 0 Å². The van der Waals surface area contributed by atoms with E-state index in [0.717, 1.165) is 18.4 Å². The van der Waals surface area contributed by atoms with Gasteiger partial charge in [-0.05, 0) is 55.7 Å². The lowest BCUT2D eigenvalue weighted by Gasteiger charge is -2.10. The number of amides is 2. The van der Waals surface area contributed by atoms with Crippen LogP contribution in [-0.2, 0) is 14.3 Å².